The van der Waals surface area contributed by atoms with Gasteiger partial charge in [-0.2, -0.15) is 0 Å². The summed E-state index contributed by atoms with van der Waals surface area (Å²) >= 11 is 0.733. The minimum atomic E-state index is -1.20. The molecule has 110 valence electrons. The van der Waals surface area contributed by atoms with Gasteiger partial charge in [-0.3, -0.25) is 4.98 Å². The summed E-state index contributed by atoms with van der Waals surface area (Å²) in [6.45, 7) is 0. The molecule has 2 aromatic heterocycles. The highest BCUT2D eigenvalue weighted by Gasteiger charge is 2.22. The lowest BCUT2D eigenvalue weighted by atomic mass is 10.1. The molecule has 3 aromatic rings. The van der Waals surface area contributed by atoms with Gasteiger partial charge in [-0.05, 0) is 24.3 Å². The monoisotopic (exact) mass is 318 g/mol. The molecule has 0 saturated carbocycles. The standard InChI is InChI=1S/C15H8F2N2O2S/c16-9-2-1-3-10(17)11(9)14-19-12(13(22-14)15(20)21)8-4-6-18-7-5-8/h1-7H,(H,20,21). The van der Waals surface area contributed by atoms with Crippen LogP contribution in [-0.2, 0) is 0 Å². The number of aromatic carboxylic acids is 1. The summed E-state index contributed by atoms with van der Waals surface area (Å²) in [5.41, 5.74) is 0.361. The van der Waals surface area contributed by atoms with Crippen molar-refractivity contribution >= 4 is 17.3 Å². The van der Waals surface area contributed by atoms with Crippen LogP contribution in [0.15, 0.2) is 42.7 Å². The van der Waals surface area contributed by atoms with Gasteiger partial charge in [0.25, 0.3) is 0 Å². The zero-order chi connectivity index (χ0) is 15.7. The normalized spacial score (nSPS) is 10.6. The van der Waals surface area contributed by atoms with E-state index in [4.69, 9.17) is 0 Å². The van der Waals surface area contributed by atoms with Crippen molar-refractivity contribution in [2.24, 2.45) is 0 Å². The second-order valence-electron chi connectivity index (χ2n) is 4.33. The molecule has 0 aliphatic heterocycles. The first-order chi connectivity index (χ1) is 10.6. The smallest absolute Gasteiger partial charge is 0.348 e. The molecule has 0 aliphatic rings. The van der Waals surface area contributed by atoms with E-state index in [1.165, 1.54) is 18.5 Å². The Morgan fingerprint density at radius 1 is 1.09 bits per heavy atom. The first-order valence-electron chi connectivity index (χ1n) is 6.17. The van der Waals surface area contributed by atoms with Crippen LogP contribution in [0.3, 0.4) is 0 Å². The van der Waals surface area contributed by atoms with Gasteiger partial charge in [-0.25, -0.2) is 18.6 Å². The Kier molecular flexibility index (Phi) is 3.64. The first-order valence-corrected chi connectivity index (χ1v) is 6.98. The number of aromatic nitrogens is 2. The molecular weight excluding hydrogens is 310 g/mol. The molecule has 0 unspecified atom stereocenters. The average molecular weight is 318 g/mol. The maximum atomic E-state index is 13.8. The van der Waals surface area contributed by atoms with Gasteiger partial charge in [0.15, 0.2) is 0 Å². The summed E-state index contributed by atoms with van der Waals surface area (Å²) in [5, 5.41) is 9.28. The molecule has 0 spiro atoms. The molecule has 0 radical (unpaired) electrons. The molecule has 3 rings (SSSR count). The molecule has 0 aliphatic carbocycles. The topological polar surface area (TPSA) is 63.1 Å². The molecule has 0 atom stereocenters. The molecule has 7 heteroatoms. The molecule has 1 aromatic carbocycles. The number of pyridine rings is 1. The highest BCUT2D eigenvalue weighted by atomic mass is 32.1. The molecule has 0 saturated heterocycles. The van der Waals surface area contributed by atoms with Crippen molar-refractivity contribution in [2.45, 2.75) is 0 Å². The second-order valence-corrected chi connectivity index (χ2v) is 5.33. The maximum absolute atomic E-state index is 13.8. The molecule has 0 bridgehead atoms. The summed E-state index contributed by atoms with van der Waals surface area (Å²) in [7, 11) is 0. The van der Waals surface area contributed by atoms with Gasteiger partial charge in [0.1, 0.15) is 21.5 Å². The minimum absolute atomic E-state index is 0.0141. The van der Waals surface area contributed by atoms with E-state index in [1.807, 2.05) is 0 Å². The molecule has 0 amide bonds. The van der Waals surface area contributed by atoms with E-state index >= 15 is 0 Å². The maximum Gasteiger partial charge on any atom is 0.348 e. The summed E-state index contributed by atoms with van der Waals surface area (Å²) in [6, 6.07) is 6.62. The van der Waals surface area contributed by atoms with E-state index in [0.717, 1.165) is 23.5 Å². The SMILES string of the molecule is O=C(O)c1sc(-c2c(F)cccc2F)nc1-c1ccncc1. The lowest BCUT2D eigenvalue weighted by molar-refractivity contribution is 0.0702. The van der Waals surface area contributed by atoms with Crippen LogP contribution in [0.4, 0.5) is 8.78 Å². The van der Waals surface area contributed by atoms with Gasteiger partial charge >= 0.3 is 5.97 Å². The Morgan fingerprint density at radius 2 is 1.73 bits per heavy atom. The number of nitrogens with zero attached hydrogens (tertiary/aromatic N) is 2. The fraction of sp³-hybridized carbons (Fsp3) is 0. The number of carboxylic acid groups (broad SMARTS) is 1. The average Bonchev–Trinajstić information content (AvgIpc) is 2.93. The van der Waals surface area contributed by atoms with Gasteiger partial charge in [-0.1, -0.05) is 6.07 Å². The van der Waals surface area contributed by atoms with E-state index in [0.29, 0.717) is 5.56 Å². The van der Waals surface area contributed by atoms with Crippen LogP contribution < -0.4 is 0 Å². The first kappa shape index (κ1) is 14.3. The van der Waals surface area contributed by atoms with E-state index in [2.05, 4.69) is 9.97 Å². The Bertz CT molecular complexity index is 830. The van der Waals surface area contributed by atoms with Crippen LogP contribution in [0.2, 0.25) is 0 Å². The molecule has 2 heterocycles. The molecule has 4 nitrogen and oxygen atoms in total. The second kappa shape index (κ2) is 5.61. The largest absolute Gasteiger partial charge is 0.477 e. The molecule has 0 fully saturated rings. The van der Waals surface area contributed by atoms with Gasteiger partial charge in [0.05, 0.1) is 11.3 Å². The van der Waals surface area contributed by atoms with Crippen molar-refractivity contribution < 1.29 is 18.7 Å². The number of halogens is 2. The van der Waals surface area contributed by atoms with E-state index < -0.39 is 17.6 Å². The molecular formula is C15H8F2N2O2S. The number of rotatable bonds is 3. The van der Waals surface area contributed by atoms with Crippen LogP contribution in [0, 0.1) is 11.6 Å². The van der Waals surface area contributed by atoms with Crippen LogP contribution in [-0.4, -0.2) is 21.0 Å². The Balaban J connectivity index is 2.22. The van der Waals surface area contributed by atoms with Gasteiger partial charge < -0.3 is 5.11 Å². The number of thiazole rings is 1. The number of hydrogen-bond donors (Lipinski definition) is 1. The Labute approximate surface area is 127 Å². The lowest BCUT2D eigenvalue weighted by Crippen LogP contribution is -1.95. The number of carboxylic acids is 1. The van der Waals surface area contributed by atoms with Gasteiger partial charge in [-0.15, -0.1) is 11.3 Å². The van der Waals surface area contributed by atoms with Gasteiger partial charge in [0, 0.05) is 18.0 Å². The Hall–Kier alpha value is -2.67. The number of hydrogen-bond acceptors (Lipinski definition) is 4. The summed E-state index contributed by atoms with van der Waals surface area (Å²) in [4.78, 5) is 19.3. The summed E-state index contributed by atoms with van der Waals surface area (Å²) in [5.74, 6) is -2.77. The highest BCUT2D eigenvalue weighted by molar-refractivity contribution is 7.17. The Morgan fingerprint density at radius 3 is 2.32 bits per heavy atom. The van der Waals surface area contributed by atoms with Crippen LogP contribution >= 0.6 is 11.3 Å². The van der Waals surface area contributed by atoms with Crippen LogP contribution in [0.5, 0.6) is 0 Å². The van der Waals surface area contributed by atoms with Gasteiger partial charge in [0.2, 0.25) is 0 Å². The highest BCUT2D eigenvalue weighted by Crippen LogP contribution is 2.35. The molecule has 1 N–H and O–H groups in total. The quantitative estimate of drug-likeness (QED) is 0.797. The van der Waals surface area contributed by atoms with E-state index in [9.17, 15) is 18.7 Å². The fourth-order valence-electron chi connectivity index (χ4n) is 1.98. The van der Waals surface area contributed by atoms with Crippen molar-refractivity contribution in [1.82, 2.24) is 9.97 Å². The fourth-order valence-corrected chi connectivity index (χ4v) is 2.95. The third-order valence-electron chi connectivity index (χ3n) is 2.95. The zero-order valence-corrected chi connectivity index (χ0v) is 11.8. The van der Waals surface area contributed by atoms with Crippen molar-refractivity contribution in [3.63, 3.8) is 0 Å². The third-order valence-corrected chi connectivity index (χ3v) is 4.01. The summed E-state index contributed by atoms with van der Waals surface area (Å²) < 4.78 is 27.7. The summed E-state index contributed by atoms with van der Waals surface area (Å²) in [6.07, 6.45) is 2.98. The number of carbonyl (C=O) groups is 1. The number of benzene rings is 1. The van der Waals surface area contributed by atoms with Crippen molar-refractivity contribution in [2.75, 3.05) is 0 Å². The predicted octanol–water partition coefficient (Wildman–Crippen LogP) is 3.85. The van der Waals surface area contributed by atoms with Crippen molar-refractivity contribution in [3.05, 3.63) is 59.2 Å². The third kappa shape index (κ3) is 2.46. The van der Waals surface area contributed by atoms with E-state index in [-0.39, 0.29) is 21.1 Å². The van der Waals surface area contributed by atoms with Crippen molar-refractivity contribution in [3.8, 4) is 21.8 Å². The van der Waals surface area contributed by atoms with E-state index in [1.54, 1.807) is 12.1 Å². The predicted molar refractivity (Wildman–Crippen MR) is 77.7 cm³/mol. The van der Waals surface area contributed by atoms with Crippen molar-refractivity contribution in [1.29, 1.82) is 0 Å². The lowest BCUT2D eigenvalue weighted by Gasteiger charge is -2.00. The van der Waals surface area contributed by atoms with Crippen LogP contribution in [0.25, 0.3) is 21.8 Å². The molecule has 22 heavy (non-hydrogen) atoms. The van der Waals surface area contributed by atoms with Crippen LogP contribution in [0.1, 0.15) is 9.67 Å². The minimum Gasteiger partial charge on any atom is -0.477 e. The zero-order valence-electron chi connectivity index (χ0n) is 11.0.